The first kappa shape index (κ1) is 21.6. The van der Waals surface area contributed by atoms with Gasteiger partial charge in [-0.05, 0) is 0 Å². The molecule has 0 aliphatic carbocycles. The van der Waals surface area contributed by atoms with Crippen molar-refractivity contribution in [3.63, 3.8) is 0 Å². The summed E-state index contributed by atoms with van der Waals surface area (Å²) in [5.74, 6) is 0. The Bertz CT molecular complexity index is 997. The van der Waals surface area contributed by atoms with Crippen LogP contribution in [-0.2, 0) is 0 Å². The van der Waals surface area contributed by atoms with Gasteiger partial charge >= 0.3 is 190 Å². The van der Waals surface area contributed by atoms with Gasteiger partial charge in [-0.2, -0.15) is 0 Å². The molecular weight excluding hydrogens is 549 g/mol. The topological polar surface area (TPSA) is 24.7 Å². The number of rotatable bonds is 4. The Morgan fingerprint density at radius 3 is 1.24 bits per heavy atom. The molecule has 0 aliphatic rings. The van der Waals surface area contributed by atoms with E-state index in [1.54, 1.807) is 0 Å². The van der Waals surface area contributed by atoms with E-state index >= 15 is 0 Å². The molecule has 0 bridgehead atoms. The molecule has 0 N–H and O–H groups in total. The van der Waals surface area contributed by atoms with Crippen molar-refractivity contribution in [1.82, 2.24) is 0 Å². The van der Waals surface area contributed by atoms with Crippen molar-refractivity contribution >= 4 is 50.8 Å². The predicted octanol–water partition coefficient (Wildman–Crippen LogP) is 6.00. The molecule has 3 aromatic rings. The fourth-order valence-electron chi connectivity index (χ4n) is 3.55. The van der Waals surface area contributed by atoms with Crippen LogP contribution in [0.3, 0.4) is 0 Å². The van der Waals surface area contributed by atoms with Gasteiger partial charge < -0.3 is 0 Å². The molecule has 0 saturated heterocycles. The first-order valence-electron chi connectivity index (χ1n) is 9.85. The Morgan fingerprint density at radius 1 is 0.586 bits per heavy atom. The number of benzene rings is 3. The van der Waals surface area contributed by atoms with Crippen molar-refractivity contribution < 1.29 is 0 Å². The van der Waals surface area contributed by atoms with Crippen LogP contribution in [0.15, 0.2) is 64.6 Å². The molecule has 0 heterocycles. The Balaban J connectivity index is 2.06. The molecule has 3 heteroatoms. The van der Waals surface area contributed by atoms with Crippen LogP contribution in [0.2, 0.25) is 0 Å². The summed E-state index contributed by atoms with van der Waals surface area (Å²) in [6.07, 6.45) is 0. The Morgan fingerprint density at radius 2 is 0.897 bits per heavy atom. The zero-order valence-electron chi connectivity index (χ0n) is 18.0. The van der Waals surface area contributed by atoms with Crippen molar-refractivity contribution in [2.75, 3.05) is 0 Å². The van der Waals surface area contributed by atoms with E-state index in [-0.39, 0.29) is 0 Å². The monoisotopic (exact) mass is 576 g/mol. The van der Waals surface area contributed by atoms with Gasteiger partial charge in [0, 0.05) is 0 Å². The van der Waals surface area contributed by atoms with E-state index in [0.717, 1.165) is 22.8 Å². The summed E-state index contributed by atoms with van der Waals surface area (Å²) in [5, 5.41) is 0. The van der Waals surface area contributed by atoms with Gasteiger partial charge in [-0.1, -0.05) is 0 Å². The van der Waals surface area contributed by atoms with Crippen molar-refractivity contribution in [2.24, 2.45) is 9.98 Å². The van der Waals surface area contributed by atoms with Gasteiger partial charge in [-0.25, -0.2) is 0 Å². The molecule has 0 unspecified atom stereocenters. The minimum atomic E-state index is 1.06. The van der Waals surface area contributed by atoms with E-state index in [1.807, 2.05) is 0 Å². The van der Waals surface area contributed by atoms with E-state index in [2.05, 4.69) is 96.1 Å². The summed E-state index contributed by atoms with van der Waals surface area (Å²) in [6.45, 7) is 12.7. The SMILES string of the molecule is CC(=Nc1c(C)cccc1C)c1cccc(C(C)=Nc2c(C)cccc2C)[c]1[Bi]. The van der Waals surface area contributed by atoms with Gasteiger partial charge in [0.2, 0.25) is 0 Å². The normalized spacial score (nSPS) is 12.4. The molecule has 0 aromatic heterocycles. The molecule has 2 nitrogen and oxygen atoms in total. The second-order valence-electron chi connectivity index (χ2n) is 7.58. The van der Waals surface area contributed by atoms with Gasteiger partial charge in [0.1, 0.15) is 0 Å². The van der Waals surface area contributed by atoms with Crippen LogP contribution in [0.4, 0.5) is 11.4 Å². The fourth-order valence-corrected chi connectivity index (χ4v) is 5.38. The third-order valence-corrected chi connectivity index (χ3v) is 7.13. The van der Waals surface area contributed by atoms with Crippen molar-refractivity contribution in [2.45, 2.75) is 41.5 Å². The van der Waals surface area contributed by atoms with Gasteiger partial charge in [-0.3, -0.25) is 0 Å². The minimum absolute atomic E-state index is 1.06. The molecule has 3 rings (SSSR count). The Labute approximate surface area is 189 Å². The van der Waals surface area contributed by atoms with Gasteiger partial charge in [0.05, 0.1) is 0 Å². The van der Waals surface area contributed by atoms with E-state index in [9.17, 15) is 0 Å². The third-order valence-electron chi connectivity index (χ3n) is 5.25. The van der Waals surface area contributed by atoms with Crippen LogP contribution in [0.25, 0.3) is 0 Å². The Kier molecular flexibility index (Phi) is 6.80. The quantitative estimate of drug-likeness (QED) is 0.269. The Hall–Kier alpha value is -2.12. The summed E-state index contributed by atoms with van der Waals surface area (Å²) in [6, 6.07) is 19.1. The zero-order chi connectivity index (χ0) is 21.1. The fraction of sp³-hybridized carbons (Fsp3) is 0.231. The van der Waals surface area contributed by atoms with Crippen LogP contribution in [0, 0.1) is 27.7 Å². The van der Waals surface area contributed by atoms with Gasteiger partial charge in [0.15, 0.2) is 0 Å². The maximum absolute atomic E-state index is 5.00. The summed E-state index contributed by atoms with van der Waals surface area (Å²) in [7, 11) is 0. The number of hydrogen-bond acceptors (Lipinski definition) is 2. The van der Waals surface area contributed by atoms with E-state index in [1.165, 1.54) is 61.4 Å². The van der Waals surface area contributed by atoms with Crippen LogP contribution in [-0.4, -0.2) is 36.1 Å². The molecule has 0 atom stereocenters. The maximum atomic E-state index is 5.00. The number of nitrogens with zero attached hydrogens (tertiary/aromatic N) is 2. The van der Waals surface area contributed by atoms with Crippen LogP contribution in [0.5, 0.6) is 0 Å². The number of aryl methyl sites for hydroxylation is 4. The zero-order valence-corrected chi connectivity index (χ0v) is 21.5. The van der Waals surface area contributed by atoms with Crippen molar-refractivity contribution in [1.29, 1.82) is 0 Å². The second kappa shape index (κ2) is 9.14. The molecule has 0 fully saturated rings. The number of aliphatic imine (C=N–C) groups is 2. The van der Waals surface area contributed by atoms with E-state index in [0.29, 0.717) is 0 Å². The van der Waals surface area contributed by atoms with E-state index < -0.39 is 0 Å². The average Bonchev–Trinajstić information content (AvgIpc) is 2.67. The van der Waals surface area contributed by atoms with E-state index in [4.69, 9.17) is 9.98 Å². The molecule has 29 heavy (non-hydrogen) atoms. The van der Waals surface area contributed by atoms with Crippen LogP contribution >= 0.6 is 0 Å². The average molecular weight is 576 g/mol. The summed E-state index contributed by atoms with van der Waals surface area (Å²) < 4.78 is 1.33. The number of hydrogen-bond donors (Lipinski definition) is 0. The molecule has 3 aromatic carbocycles. The van der Waals surface area contributed by atoms with Crippen LogP contribution < -0.4 is 3.27 Å². The van der Waals surface area contributed by atoms with Crippen molar-refractivity contribution in [3.05, 3.63) is 88.0 Å². The summed E-state index contributed by atoms with van der Waals surface area (Å²) >= 11 is 1.18. The predicted molar refractivity (Wildman–Crippen MR) is 127 cm³/mol. The summed E-state index contributed by atoms with van der Waals surface area (Å²) in [4.78, 5) is 9.99. The van der Waals surface area contributed by atoms with Crippen molar-refractivity contribution in [3.8, 4) is 0 Å². The van der Waals surface area contributed by atoms with Crippen LogP contribution in [0.1, 0.15) is 47.2 Å². The molecule has 0 amide bonds. The van der Waals surface area contributed by atoms with Gasteiger partial charge in [0.25, 0.3) is 0 Å². The summed E-state index contributed by atoms with van der Waals surface area (Å²) in [5.41, 5.74) is 11.5. The molecular formula is C26H27BiN2. The molecule has 146 valence electrons. The van der Waals surface area contributed by atoms with Gasteiger partial charge in [-0.15, -0.1) is 0 Å². The standard InChI is InChI=1S/C26H27N2.Bi/c1-17-10-7-11-18(2)25(17)27-21(5)23-14-9-15-24(16-23)22(6)28-26-19(3)12-8-13-20(26)4;/h7-15H,1-6H3;. The molecule has 0 saturated carbocycles. The first-order valence-corrected chi connectivity index (χ1v) is 11.6. The molecule has 2 radical (unpaired) electrons. The second-order valence-corrected chi connectivity index (χ2v) is 9.32. The third kappa shape index (κ3) is 4.73. The molecule has 0 aliphatic heterocycles. The number of para-hydroxylation sites is 2. The first-order chi connectivity index (χ1) is 13.8. The molecule has 0 spiro atoms.